The van der Waals surface area contributed by atoms with Gasteiger partial charge in [-0.3, -0.25) is 28.9 Å². The van der Waals surface area contributed by atoms with Crippen LogP contribution in [0.25, 0.3) is 0 Å². The van der Waals surface area contributed by atoms with Gasteiger partial charge in [0.1, 0.15) is 12.4 Å². The summed E-state index contributed by atoms with van der Waals surface area (Å²) in [5.41, 5.74) is 8.45. The van der Waals surface area contributed by atoms with E-state index in [1.54, 1.807) is 18.1 Å². The van der Waals surface area contributed by atoms with Crippen molar-refractivity contribution in [2.45, 2.75) is 123 Å². The molecule has 3 amide bonds. The zero-order chi connectivity index (χ0) is 58.1. The predicted octanol–water partition coefficient (Wildman–Crippen LogP) is 8.85. The van der Waals surface area contributed by atoms with Crippen molar-refractivity contribution in [3.8, 4) is 11.5 Å². The molecule has 3 aliphatic heterocycles. The molecule has 3 heterocycles. The molecule has 1 N–H and O–H groups in total. The summed E-state index contributed by atoms with van der Waals surface area (Å²) in [6.45, 7) is 17.4. The first kappa shape index (κ1) is 61.7. The Labute approximate surface area is 485 Å². The first-order chi connectivity index (χ1) is 39.7. The minimum absolute atomic E-state index is 0.0177. The highest BCUT2D eigenvalue weighted by Gasteiger charge is 2.38. The van der Waals surface area contributed by atoms with E-state index in [1.807, 2.05) is 48.8 Å². The van der Waals surface area contributed by atoms with Crippen LogP contribution in [0.1, 0.15) is 123 Å². The standard InChI is InChI=1S/C65H88N6O11/c1-8-10-54(73)25-26-59(47(5)72)70-43-57-55(65(70)76)11-9-12-58(57)66-27-32-78-33-34-79-35-36-80-37-38-81-44-63(75)69-30-28-68(29-31-69)52-19-15-48(16-20-52)42-67(6)51-21-23-53(24-22-51)71-62(74)40-50-39-60(77-7)61(82-45(2)3)41-56(50)64(71)49-17-13-46(4)14-18-49/h9,11-14,17-18,21-24,39,41,45,48,52,59,64,66H,8,10,15-16,19-20,25-38,40,42-44H2,1-7H3/t48?,52?,59?,64-/m0/s1. The summed E-state index contributed by atoms with van der Waals surface area (Å²) >= 11 is 0. The van der Waals surface area contributed by atoms with Crippen molar-refractivity contribution in [2.75, 3.05) is 121 Å². The molecule has 1 unspecified atom stereocenters. The van der Waals surface area contributed by atoms with E-state index in [1.165, 1.54) is 6.92 Å². The van der Waals surface area contributed by atoms with Crippen molar-refractivity contribution in [1.29, 1.82) is 0 Å². The van der Waals surface area contributed by atoms with Crippen molar-refractivity contribution in [1.82, 2.24) is 14.7 Å². The van der Waals surface area contributed by atoms with Gasteiger partial charge in [-0.15, -0.1) is 0 Å². The van der Waals surface area contributed by atoms with E-state index in [0.717, 1.165) is 96.6 Å². The number of rotatable bonds is 31. The van der Waals surface area contributed by atoms with Gasteiger partial charge in [-0.1, -0.05) is 42.8 Å². The molecule has 17 nitrogen and oxygen atoms in total. The lowest BCUT2D eigenvalue weighted by molar-refractivity contribution is -0.139. The number of nitrogens with zero attached hydrogens (tertiary/aromatic N) is 5. The minimum Gasteiger partial charge on any atom is -0.493 e. The Morgan fingerprint density at radius 2 is 1.45 bits per heavy atom. The molecule has 1 saturated heterocycles. The van der Waals surface area contributed by atoms with Gasteiger partial charge in [-0.05, 0) is 137 Å². The number of hydrogen-bond donors (Lipinski definition) is 1. The van der Waals surface area contributed by atoms with Gasteiger partial charge in [0.15, 0.2) is 17.3 Å². The van der Waals surface area contributed by atoms with E-state index in [4.69, 9.17) is 28.4 Å². The fourth-order valence-corrected chi connectivity index (χ4v) is 12.0. The summed E-state index contributed by atoms with van der Waals surface area (Å²) in [6.07, 6.45) is 6.75. The number of carbonyl (C=O) groups excluding carboxylic acids is 5. The van der Waals surface area contributed by atoms with Crippen LogP contribution in [0.4, 0.5) is 17.1 Å². The number of fused-ring (bicyclic) bond motifs is 2. The van der Waals surface area contributed by atoms with Gasteiger partial charge in [0, 0.05) is 99.9 Å². The second-order valence-corrected chi connectivity index (χ2v) is 22.6. The Morgan fingerprint density at radius 1 is 0.780 bits per heavy atom. The first-order valence-electron chi connectivity index (χ1n) is 29.8. The molecule has 4 aliphatic rings. The molecule has 2 atom stereocenters. The summed E-state index contributed by atoms with van der Waals surface area (Å²) < 4.78 is 34.7. The maximum atomic E-state index is 14.1. The second kappa shape index (κ2) is 30.3. The molecule has 444 valence electrons. The number of anilines is 3. The van der Waals surface area contributed by atoms with Crippen LogP contribution in [-0.4, -0.2) is 168 Å². The molecular weight excluding hydrogens is 1040 g/mol. The molecule has 17 heteroatoms. The molecule has 4 aromatic rings. The number of carbonyl (C=O) groups is 5. The number of methoxy groups -OCH3 is 1. The van der Waals surface area contributed by atoms with Gasteiger partial charge in [-0.2, -0.15) is 0 Å². The minimum atomic E-state index is -0.621. The molecular formula is C65H88N6O11. The van der Waals surface area contributed by atoms with Crippen molar-refractivity contribution in [3.63, 3.8) is 0 Å². The number of piperazine rings is 1. The zero-order valence-corrected chi connectivity index (χ0v) is 49.6. The number of amides is 3. The smallest absolute Gasteiger partial charge is 0.255 e. The van der Waals surface area contributed by atoms with Crippen LogP contribution in [0.5, 0.6) is 11.5 Å². The number of Topliss-reactive ketones (excluding diaryl/α,β-unsaturated/α-hetero) is 2. The van der Waals surface area contributed by atoms with Crippen LogP contribution in [0, 0.1) is 12.8 Å². The highest BCUT2D eigenvalue weighted by atomic mass is 16.6. The molecule has 1 aliphatic carbocycles. The van der Waals surface area contributed by atoms with Gasteiger partial charge in [0.25, 0.3) is 5.91 Å². The average molecular weight is 1130 g/mol. The third-order valence-corrected chi connectivity index (χ3v) is 16.4. The van der Waals surface area contributed by atoms with Crippen LogP contribution in [0.3, 0.4) is 0 Å². The van der Waals surface area contributed by atoms with E-state index in [0.29, 0.717) is 114 Å². The molecule has 82 heavy (non-hydrogen) atoms. The first-order valence-corrected chi connectivity index (χ1v) is 29.8. The molecule has 1 saturated carbocycles. The summed E-state index contributed by atoms with van der Waals surface area (Å²) in [4.78, 5) is 75.6. The molecule has 0 radical (unpaired) electrons. The van der Waals surface area contributed by atoms with E-state index >= 15 is 0 Å². The van der Waals surface area contributed by atoms with Crippen molar-refractivity contribution < 1.29 is 52.4 Å². The lowest BCUT2D eigenvalue weighted by Crippen LogP contribution is -2.53. The topological polar surface area (TPSA) is 169 Å². The van der Waals surface area contributed by atoms with Crippen LogP contribution < -0.4 is 24.6 Å². The van der Waals surface area contributed by atoms with Gasteiger partial charge in [-0.25, -0.2) is 0 Å². The molecule has 4 aromatic carbocycles. The number of ether oxygens (including phenoxy) is 6. The van der Waals surface area contributed by atoms with Gasteiger partial charge in [0.05, 0.1) is 78.0 Å². The van der Waals surface area contributed by atoms with Crippen LogP contribution in [0.15, 0.2) is 78.9 Å². The number of hydrogen-bond acceptors (Lipinski definition) is 14. The lowest BCUT2D eigenvalue weighted by Gasteiger charge is -2.42. The Kier molecular flexibility index (Phi) is 22.8. The SMILES string of the molecule is CCCC(=O)CCC(C(C)=O)N1Cc2c(NCCOCCOCCOCCOCC(=O)N3CCN(C4CCC(CN(C)c5ccc(N6C(=O)Cc7cc(OC)c(OC(C)C)cc7[C@@H]6c6ccc(C)cc6)cc5)CC4)CC3)cccc2C1=O. The van der Waals surface area contributed by atoms with Gasteiger partial charge in [0.2, 0.25) is 11.8 Å². The van der Waals surface area contributed by atoms with Gasteiger partial charge >= 0.3 is 0 Å². The van der Waals surface area contributed by atoms with Crippen molar-refractivity contribution in [2.24, 2.45) is 5.92 Å². The Balaban J connectivity index is 0.664. The molecule has 0 spiro atoms. The highest BCUT2D eigenvalue weighted by molar-refractivity contribution is 6.03. The Bertz CT molecular complexity index is 2760. The average Bonchev–Trinajstić information content (AvgIpc) is 3.98. The number of ketones is 2. The maximum absolute atomic E-state index is 14.1. The van der Waals surface area contributed by atoms with E-state index < -0.39 is 6.04 Å². The van der Waals surface area contributed by atoms with E-state index in [9.17, 15) is 24.0 Å². The van der Waals surface area contributed by atoms with E-state index in [-0.39, 0.29) is 60.9 Å². The van der Waals surface area contributed by atoms with Crippen LogP contribution in [0.2, 0.25) is 0 Å². The van der Waals surface area contributed by atoms with Gasteiger partial charge < -0.3 is 53.3 Å². The predicted molar refractivity (Wildman–Crippen MR) is 318 cm³/mol. The fraction of sp³-hybridized carbons (Fsp3) is 0.554. The van der Waals surface area contributed by atoms with Crippen molar-refractivity contribution in [3.05, 3.63) is 112 Å². The number of benzene rings is 4. The molecule has 0 bridgehead atoms. The zero-order valence-electron chi connectivity index (χ0n) is 49.6. The summed E-state index contributed by atoms with van der Waals surface area (Å²) in [5, 5.41) is 3.37. The number of nitrogens with one attached hydrogen (secondary N) is 1. The fourth-order valence-electron chi connectivity index (χ4n) is 12.0. The maximum Gasteiger partial charge on any atom is 0.255 e. The molecule has 8 rings (SSSR count). The summed E-state index contributed by atoms with van der Waals surface area (Å²) in [7, 11) is 3.81. The normalized spacial score (nSPS) is 18.6. The molecule has 2 fully saturated rings. The van der Waals surface area contributed by atoms with Crippen molar-refractivity contribution >= 4 is 46.4 Å². The van der Waals surface area contributed by atoms with Crippen LogP contribution in [-0.2, 0) is 51.1 Å². The van der Waals surface area contributed by atoms with E-state index in [2.05, 4.69) is 83.7 Å². The monoisotopic (exact) mass is 1130 g/mol. The third kappa shape index (κ3) is 16.2. The Morgan fingerprint density at radius 3 is 2.10 bits per heavy atom. The quantitative estimate of drug-likeness (QED) is 0.0475. The second-order valence-electron chi connectivity index (χ2n) is 22.6. The third-order valence-electron chi connectivity index (χ3n) is 16.4. The number of aryl methyl sites for hydroxylation is 1. The lowest BCUT2D eigenvalue weighted by atomic mass is 9.84. The largest absolute Gasteiger partial charge is 0.493 e. The summed E-state index contributed by atoms with van der Waals surface area (Å²) in [5.74, 6) is 1.78. The Hall–Kier alpha value is -6.37. The highest BCUT2D eigenvalue weighted by Crippen LogP contribution is 2.44. The van der Waals surface area contributed by atoms with Crippen LogP contribution >= 0.6 is 0 Å². The summed E-state index contributed by atoms with van der Waals surface area (Å²) in [6, 6.07) is 26.1. The molecule has 0 aromatic heterocycles.